The predicted octanol–water partition coefficient (Wildman–Crippen LogP) is 1.91. The molecule has 2 amide bonds. The maximum Gasteiger partial charge on any atom is 0.320 e. The molecule has 1 aliphatic heterocycles. The van der Waals surface area contributed by atoms with Crippen LogP contribution in [0, 0.1) is 5.92 Å². The first-order chi connectivity index (χ1) is 13.1. The highest BCUT2D eigenvalue weighted by Crippen LogP contribution is 2.27. The number of ether oxygens (including phenoxy) is 1. The van der Waals surface area contributed by atoms with Crippen LogP contribution in [0.5, 0.6) is 11.5 Å². The van der Waals surface area contributed by atoms with Crippen LogP contribution in [-0.4, -0.2) is 46.3 Å². The molecule has 1 aromatic carbocycles. The lowest BCUT2D eigenvalue weighted by Gasteiger charge is -2.16. The minimum atomic E-state index is -0.346. The van der Waals surface area contributed by atoms with E-state index in [1.165, 1.54) is 7.11 Å². The van der Waals surface area contributed by atoms with Crippen LogP contribution in [0.3, 0.4) is 0 Å². The number of carbonyl (C=O) groups excluding carboxylic acids is 1. The second-order valence-electron chi connectivity index (χ2n) is 6.80. The second-order valence-corrected chi connectivity index (χ2v) is 6.80. The first-order valence-corrected chi connectivity index (χ1v) is 9.17. The molecule has 0 radical (unpaired) electrons. The van der Waals surface area contributed by atoms with E-state index in [0.717, 1.165) is 37.1 Å². The van der Waals surface area contributed by atoms with Crippen LogP contribution in [0.15, 0.2) is 24.3 Å². The first kappa shape index (κ1) is 19.0. The number of aliphatic hydroxyl groups excluding tert-OH is 1. The Balaban J connectivity index is 1.50. The predicted molar refractivity (Wildman–Crippen MR) is 101 cm³/mol. The van der Waals surface area contributed by atoms with Gasteiger partial charge < -0.3 is 20.3 Å². The number of nitrogens with one attached hydrogen (secondary N) is 2. The van der Waals surface area contributed by atoms with Crippen molar-refractivity contribution in [3.8, 4) is 11.5 Å². The Morgan fingerprint density at radius 1 is 1.37 bits per heavy atom. The number of methoxy groups -OCH3 is 1. The number of aromatic hydroxyl groups is 1. The van der Waals surface area contributed by atoms with E-state index in [1.54, 1.807) is 12.1 Å². The highest BCUT2D eigenvalue weighted by molar-refractivity contribution is 5.88. The number of anilines is 1. The van der Waals surface area contributed by atoms with E-state index in [2.05, 4.69) is 15.7 Å². The zero-order valence-electron chi connectivity index (χ0n) is 15.4. The van der Waals surface area contributed by atoms with E-state index in [9.17, 15) is 15.0 Å². The number of hydrogen-bond acceptors (Lipinski definition) is 5. The Kier molecular flexibility index (Phi) is 6.18. The molecule has 3 rings (SSSR count). The summed E-state index contributed by atoms with van der Waals surface area (Å²) in [5.41, 5.74) is 2.00. The van der Waals surface area contributed by atoms with Gasteiger partial charge in [0.15, 0.2) is 17.3 Å². The van der Waals surface area contributed by atoms with Crippen LogP contribution in [0.4, 0.5) is 10.6 Å². The smallest absolute Gasteiger partial charge is 0.320 e. The number of nitrogens with zero attached hydrogens (tertiary/aromatic N) is 2. The van der Waals surface area contributed by atoms with Crippen molar-refractivity contribution in [3.05, 3.63) is 35.5 Å². The van der Waals surface area contributed by atoms with Crippen molar-refractivity contribution in [3.63, 3.8) is 0 Å². The lowest BCUT2D eigenvalue weighted by atomic mass is 9.99. The number of hydrogen-bond donors (Lipinski definition) is 4. The van der Waals surface area contributed by atoms with Crippen molar-refractivity contribution < 1.29 is 19.7 Å². The third-order valence-corrected chi connectivity index (χ3v) is 4.73. The van der Waals surface area contributed by atoms with E-state index in [1.807, 2.05) is 16.8 Å². The van der Waals surface area contributed by atoms with Crippen LogP contribution >= 0.6 is 0 Å². The molecule has 1 aliphatic rings. The van der Waals surface area contributed by atoms with Gasteiger partial charge in [0.05, 0.1) is 7.11 Å². The molecule has 0 fully saturated rings. The van der Waals surface area contributed by atoms with E-state index in [4.69, 9.17) is 4.74 Å². The summed E-state index contributed by atoms with van der Waals surface area (Å²) in [4.78, 5) is 12.1. The number of phenolic OH excluding ortho intramolecular Hbond substituents is 1. The van der Waals surface area contributed by atoms with Crippen LogP contribution in [-0.2, 0) is 19.4 Å². The zero-order valence-corrected chi connectivity index (χ0v) is 15.4. The first-order valence-electron chi connectivity index (χ1n) is 9.17. The molecular formula is C19H26N4O4. The maximum atomic E-state index is 12.1. The molecule has 1 aromatic heterocycles. The van der Waals surface area contributed by atoms with Gasteiger partial charge in [-0.05, 0) is 43.4 Å². The van der Waals surface area contributed by atoms with Crippen molar-refractivity contribution in [1.29, 1.82) is 0 Å². The van der Waals surface area contributed by atoms with E-state index >= 15 is 0 Å². The van der Waals surface area contributed by atoms with Crippen molar-refractivity contribution in [1.82, 2.24) is 15.1 Å². The molecule has 0 saturated carbocycles. The van der Waals surface area contributed by atoms with Crippen molar-refractivity contribution in [2.24, 2.45) is 5.92 Å². The Bertz CT molecular complexity index is 767. The van der Waals surface area contributed by atoms with Crippen LogP contribution in [0.1, 0.15) is 24.1 Å². The molecule has 1 unspecified atom stereocenters. The average molecular weight is 374 g/mol. The number of aryl methyl sites for hydroxylation is 2. The monoisotopic (exact) mass is 374 g/mol. The Labute approximate surface area is 158 Å². The summed E-state index contributed by atoms with van der Waals surface area (Å²) in [6.07, 6.45) is 3.76. The van der Waals surface area contributed by atoms with E-state index < -0.39 is 0 Å². The summed E-state index contributed by atoms with van der Waals surface area (Å²) in [6, 6.07) is 6.68. The minimum absolute atomic E-state index is 0.0566. The minimum Gasteiger partial charge on any atom is -0.504 e. The van der Waals surface area contributed by atoms with Crippen molar-refractivity contribution in [2.75, 3.05) is 25.6 Å². The van der Waals surface area contributed by atoms with Crippen LogP contribution < -0.4 is 15.4 Å². The van der Waals surface area contributed by atoms with Gasteiger partial charge in [0.2, 0.25) is 0 Å². The molecule has 0 saturated heterocycles. The highest BCUT2D eigenvalue weighted by Gasteiger charge is 2.15. The van der Waals surface area contributed by atoms with Gasteiger partial charge in [0.25, 0.3) is 0 Å². The fourth-order valence-electron chi connectivity index (χ4n) is 3.27. The lowest BCUT2D eigenvalue weighted by molar-refractivity contribution is 0.218. The normalized spacial score (nSPS) is 14.3. The molecule has 0 aliphatic carbocycles. The number of aliphatic hydroxyl groups is 1. The number of aromatic nitrogens is 2. The van der Waals surface area contributed by atoms with Crippen LogP contribution in [0.25, 0.3) is 0 Å². The van der Waals surface area contributed by atoms with Gasteiger partial charge >= 0.3 is 6.03 Å². The average Bonchev–Trinajstić information content (AvgIpc) is 3.07. The van der Waals surface area contributed by atoms with Gasteiger partial charge in [-0.1, -0.05) is 6.07 Å². The summed E-state index contributed by atoms with van der Waals surface area (Å²) in [5, 5.41) is 29.4. The van der Waals surface area contributed by atoms with Gasteiger partial charge in [-0.15, -0.1) is 0 Å². The van der Waals surface area contributed by atoms with E-state index in [0.29, 0.717) is 24.5 Å². The largest absolute Gasteiger partial charge is 0.504 e. The summed E-state index contributed by atoms with van der Waals surface area (Å²) < 4.78 is 6.96. The molecule has 0 spiro atoms. The maximum absolute atomic E-state index is 12.1. The Hall–Kier alpha value is -2.74. The molecule has 8 heteroatoms. The summed E-state index contributed by atoms with van der Waals surface area (Å²) in [7, 11) is 1.49. The van der Waals surface area contributed by atoms with Gasteiger partial charge in [0.1, 0.15) is 0 Å². The number of benzene rings is 1. The molecule has 27 heavy (non-hydrogen) atoms. The highest BCUT2D eigenvalue weighted by atomic mass is 16.5. The zero-order chi connectivity index (χ0) is 19.2. The van der Waals surface area contributed by atoms with Gasteiger partial charge in [-0.3, -0.25) is 10.00 Å². The summed E-state index contributed by atoms with van der Waals surface area (Å²) >= 11 is 0. The fraction of sp³-hybridized carbons (Fsp3) is 0.474. The Morgan fingerprint density at radius 3 is 2.93 bits per heavy atom. The number of phenols is 1. The van der Waals surface area contributed by atoms with Gasteiger partial charge in [-0.2, -0.15) is 5.10 Å². The lowest BCUT2D eigenvalue weighted by Crippen LogP contribution is -2.35. The molecule has 2 aromatic rings. The summed E-state index contributed by atoms with van der Waals surface area (Å²) in [5.74, 6) is 0.837. The summed E-state index contributed by atoms with van der Waals surface area (Å²) in [6.45, 7) is 1.12. The fourth-order valence-corrected chi connectivity index (χ4v) is 3.27. The van der Waals surface area contributed by atoms with Crippen LogP contribution in [0.2, 0.25) is 0 Å². The number of carbonyl (C=O) groups is 1. The number of fused-ring (bicyclic) bond motifs is 1. The van der Waals surface area contributed by atoms with Crippen molar-refractivity contribution in [2.45, 2.75) is 32.2 Å². The topological polar surface area (TPSA) is 109 Å². The number of urea groups is 1. The second kappa shape index (κ2) is 8.77. The third-order valence-electron chi connectivity index (χ3n) is 4.73. The molecular weight excluding hydrogens is 348 g/mol. The molecule has 2 heterocycles. The third kappa shape index (κ3) is 4.91. The molecule has 146 valence electrons. The quantitative estimate of drug-likeness (QED) is 0.592. The SMILES string of the molecule is COc1ccc(CC(CO)CNC(=O)Nc2cc3n(n2)CCCC3)cc1O. The molecule has 8 nitrogen and oxygen atoms in total. The van der Waals surface area contributed by atoms with Crippen molar-refractivity contribution >= 4 is 11.8 Å². The molecule has 4 N–H and O–H groups in total. The number of amides is 2. The molecule has 1 atom stereocenters. The van der Waals surface area contributed by atoms with Gasteiger partial charge in [-0.25, -0.2) is 4.79 Å². The number of rotatable bonds is 7. The van der Waals surface area contributed by atoms with Gasteiger partial charge in [0, 0.05) is 37.4 Å². The molecule has 0 bridgehead atoms. The van der Waals surface area contributed by atoms with E-state index in [-0.39, 0.29) is 24.3 Å². The Morgan fingerprint density at radius 2 is 2.22 bits per heavy atom. The standard InChI is InChI=1S/C19H26N4O4/c1-27-17-6-5-13(9-16(17)25)8-14(12-24)11-20-19(26)21-18-10-15-4-2-3-7-23(15)22-18/h5-6,9-10,14,24-25H,2-4,7-8,11-12H2,1H3,(H2,20,21,22,26).